The van der Waals surface area contributed by atoms with E-state index in [9.17, 15) is 0 Å². The van der Waals surface area contributed by atoms with Crippen molar-refractivity contribution in [3.63, 3.8) is 0 Å². The Bertz CT molecular complexity index is 555. The van der Waals surface area contributed by atoms with E-state index in [1.807, 2.05) is 0 Å². The zero-order chi connectivity index (χ0) is 13.1. The van der Waals surface area contributed by atoms with Crippen molar-refractivity contribution in [2.24, 2.45) is 0 Å². The van der Waals surface area contributed by atoms with Gasteiger partial charge in [-0.15, -0.1) is 0 Å². The molecule has 0 aliphatic rings. The molecule has 0 spiro atoms. The van der Waals surface area contributed by atoms with E-state index in [0.29, 0.717) is 21.7 Å². The van der Waals surface area contributed by atoms with E-state index in [0.717, 1.165) is 0 Å². The third-order valence-corrected chi connectivity index (χ3v) is 2.83. The molecule has 2 N–H and O–H groups in total. The summed E-state index contributed by atoms with van der Waals surface area (Å²) >= 11 is 17.8. The molecular weight excluding hydrogens is 297 g/mol. The molecule has 8 heteroatoms. The number of para-hydroxylation sites is 1. The zero-order valence-electron chi connectivity index (χ0n) is 9.21. The van der Waals surface area contributed by atoms with Crippen molar-refractivity contribution < 1.29 is 0 Å². The second kappa shape index (κ2) is 5.56. The first-order chi connectivity index (χ1) is 8.60. The first-order valence-corrected chi connectivity index (χ1v) is 6.04. The summed E-state index contributed by atoms with van der Waals surface area (Å²) in [6.07, 6.45) is 0. The van der Waals surface area contributed by atoms with Gasteiger partial charge in [0.05, 0.1) is 15.7 Å². The summed E-state index contributed by atoms with van der Waals surface area (Å²) in [4.78, 5) is 11.9. The smallest absolute Gasteiger partial charge is 0.233 e. The molecule has 0 saturated heterocycles. The zero-order valence-corrected chi connectivity index (χ0v) is 11.5. The van der Waals surface area contributed by atoms with Crippen molar-refractivity contribution in [3.05, 3.63) is 33.5 Å². The van der Waals surface area contributed by atoms with E-state index in [1.165, 1.54) is 0 Å². The van der Waals surface area contributed by atoms with Crippen LogP contribution in [0.5, 0.6) is 0 Å². The third kappa shape index (κ3) is 2.93. The van der Waals surface area contributed by atoms with Gasteiger partial charge in [0, 0.05) is 7.05 Å². The van der Waals surface area contributed by atoms with Crippen LogP contribution in [-0.4, -0.2) is 22.0 Å². The predicted octanol–water partition coefficient (Wildman–Crippen LogP) is 3.62. The molecule has 1 heterocycles. The molecule has 0 atom stereocenters. The predicted molar refractivity (Wildman–Crippen MR) is 74.1 cm³/mol. The molecule has 0 aliphatic heterocycles. The lowest BCUT2D eigenvalue weighted by Crippen LogP contribution is -2.04. The van der Waals surface area contributed by atoms with Crippen LogP contribution in [0.1, 0.15) is 0 Å². The average molecular weight is 305 g/mol. The van der Waals surface area contributed by atoms with Crippen LogP contribution < -0.4 is 10.6 Å². The van der Waals surface area contributed by atoms with Crippen molar-refractivity contribution in [2.75, 3.05) is 17.7 Å². The van der Waals surface area contributed by atoms with Gasteiger partial charge >= 0.3 is 0 Å². The number of rotatable bonds is 3. The Morgan fingerprint density at radius 2 is 1.56 bits per heavy atom. The van der Waals surface area contributed by atoms with Gasteiger partial charge in [0.1, 0.15) is 0 Å². The summed E-state index contributed by atoms with van der Waals surface area (Å²) in [5.74, 6) is 0.607. The molecule has 1 aromatic heterocycles. The van der Waals surface area contributed by atoms with E-state index >= 15 is 0 Å². The van der Waals surface area contributed by atoms with Gasteiger partial charge in [0.25, 0.3) is 0 Å². The number of nitrogens with one attached hydrogen (secondary N) is 2. The summed E-state index contributed by atoms with van der Waals surface area (Å²) in [5, 5.41) is 6.67. The number of nitrogens with zero attached hydrogens (tertiary/aromatic N) is 3. The third-order valence-electron chi connectivity index (χ3n) is 2.03. The summed E-state index contributed by atoms with van der Waals surface area (Å²) in [5.41, 5.74) is 0.519. The molecule has 5 nitrogen and oxygen atoms in total. The summed E-state index contributed by atoms with van der Waals surface area (Å²) in [7, 11) is 1.68. The van der Waals surface area contributed by atoms with Crippen LogP contribution in [0.3, 0.4) is 0 Å². The SMILES string of the molecule is CNc1nc(Cl)nc(Nc2c(Cl)cccc2Cl)n1. The van der Waals surface area contributed by atoms with Crippen molar-refractivity contribution in [1.82, 2.24) is 15.0 Å². The molecular formula is C10H8Cl3N5. The maximum atomic E-state index is 6.03. The van der Waals surface area contributed by atoms with Crippen LogP contribution >= 0.6 is 34.8 Å². The molecule has 0 amide bonds. The summed E-state index contributed by atoms with van der Waals surface area (Å²) in [6.45, 7) is 0. The van der Waals surface area contributed by atoms with Gasteiger partial charge < -0.3 is 10.6 Å². The van der Waals surface area contributed by atoms with Crippen molar-refractivity contribution in [3.8, 4) is 0 Å². The molecule has 0 unspecified atom stereocenters. The molecule has 0 fully saturated rings. The maximum absolute atomic E-state index is 6.03. The lowest BCUT2D eigenvalue weighted by molar-refractivity contribution is 1.05. The van der Waals surface area contributed by atoms with Gasteiger partial charge in [-0.2, -0.15) is 15.0 Å². The molecule has 94 valence electrons. The summed E-state index contributed by atoms with van der Waals surface area (Å²) < 4.78 is 0. The molecule has 0 saturated carbocycles. The highest BCUT2D eigenvalue weighted by atomic mass is 35.5. The number of aromatic nitrogens is 3. The molecule has 2 aromatic rings. The standard InChI is InChI=1S/C10H8Cl3N5/c1-14-9-16-8(13)17-10(18-9)15-7-5(11)3-2-4-6(7)12/h2-4H,1H3,(H2,14,15,16,17,18). The second-order valence-corrected chi connectivity index (χ2v) is 4.38. The minimum absolute atomic E-state index is 0.0695. The molecule has 0 aliphatic carbocycles. The molecule has 18 heavy (non-hydrogen) atoms. The Hall–Kier alpha value is -1.30. The van der Waals surface area contributed by atoms with Gasteiger partial charge in [-0.25, -0.2) is 0 Å². The van der Waals surface area contributed by atoms with Crippen molar-refractivity contribution in [1.29, 1.82) is 0 Å². The number of benzene rings is 1. The Labute approximate surface area is 119 Å². The fourth-order valence-corrected chi connectivity index (χ4v) is 1.90. The number of anilines is 3. The fraction of sp³-hybridized carbons (Fsp3) is 0.100. The number of hydrogen-bond donors (Lipinski definition) is 2. The number of hydrogen-bond acceptors (Lipinski definition) is 5. The monoisotopic (exact) mass is 303 g/mol. The normalized spacial score (nSPS) is 10.2. The topological polar surface area (TPSA) is 62.7 Å². The highest BCUT2D eigenvalue weighted by molar-refractivity contribution is 6.39. The van der Waals surface area contributed by atoms with E-state index in [1.54, 1.807) is 25.2 Å². The van der Waals surface area contributed by atoms with Gasteiger partial charge in [-0.3, -0.25) is 0 Å². The van der Waals surface area contributed by atoms with E-state index in [4.69, 9.17) is 34.8 Å². The first-order valence-electron chi connectivity index (χ1n) is 4.90. The molecule has 2 rings (SSSR count). The number of halogens is 3. The molecule has 0 bridgehead atoms. The quantitative estimate of drug-likeness (QED) is 0.907. The van der Waals surface area contributed by atoms with Gasteiger partial charge in [0.15, 0.2) is 0 Å². The fourth-order valence-electron chi connectivity index (χ4n) is 1.25. The Morgan fingerprint density at radius 1 is 0.944 bits per heavy atom. The summed E-state index contributed by atoms with van der Waals surface area (Å²) in [6, 6.07) is 5.16. The molecule has 0 radical (unpaired) electrons. The van der Waals surface area contributed by atoms with Gasteiger partial charge in [-0.1, -0.05) is 29.3 Å². The highest BCUT2D eigenvalue weighted by Gasteiger charge is 2.09. The van der Waals surface area contributed by atoms with Crippen LogP contribution in [0.4, 0.5) is 17.6 Å². The van der Waals surface area contributed by atoms with E-state index < -0.39 is 0 Å². The van der Waals surface area contributed by atoms with Crippen LogP contribution in [0.2, 0.25) is 15.3 Å². The van der Waals surface area contributed by atoms with Gasteiger partial charge in [0.2, 0.25) is 17.2 Å². The van der Waals surface area contributed by atoms with Crippen LogP contribution in [0.15, 0.2) is 18.2 Å². The van der Waals surface area contributed by atoms with Crippen LogP contribution in [-0.2, 0) is 0 Å². The minimum Gasteiger partial charge on any atom is -0.357 e. The van der Waals surface area contributed by atoms with E-state index in [-0.39, 0.29) is 11.2 Å². The van der Waals surface area contributed by atoms with Crippen LogP contribution in [0.25, 0.3) is 0 Å². The first kappa shape index (κ1) is 13.1. The van der Waals surface area contributed by atoms with Crippen LogP contribution in [0, 0.1) is 0 Å². The minimum atomic E-state index is 0.0695. The Balaban J connectivity index is 2.37. The lowest BCUT2D eigenvalue weighted by atomic mass is 10.3. The highest BCUT2D eigenvalue weighted by Crippen LogP contribution is 2.31. The maximum Gasteiger partial charge on any atom is 0.233 e. The Kier molecular flexibility index (Phi) is 4.06. The Morgan fingerprint density at radius 3 is 2.17 bits per heavy atom. The largest absolute Gasteiger partial charge is 0.357 e. The van der Waals surface area contributed by atoms with Gasteiger partial charge in [-0.05, 0) is 23.7 Å². The van der Waals surface area contributed by atoms with Crippen molar-refractivity contribution in [2.45, 2.75) is 0 Å². The molecule has 1 aromatic carbocycles. The second-order valence-electron chi connectivity index (χ2n) is 3.22. The van der Waals surface area contributed by atoms with E-state index in [2.05, 4.69) is 25.6 Å². The average Bonchev–Trinajstić information content (AvgIpc) is 2.33. The van der Waals surface area contributed by atoms with Crippen molar-refractivity contribution >= 4 is 52.4 Å². The lowest BCUT2D eigenvalue weighted by Gasteiger charge is -2.09.